The molecule has 1 aromatic carbocycles. The maximum atomic E-state index is 12.4. The average molecular weight is 333 g/mol. The summed E-state index contributed by atoms with van der Waals surface area (Å²) in [6, 6.07) is 9.18. The van der Waals surface area contributed by atoms with Gasteiger partial charge in [0.2, 0.25) is 10.0 Å². The first-order chi connectivity index (χ1) is 10.8. The van der Waals surface area contributed by atoms with E-state index >= 15 is 0 Å². The van der Waals surface area contributed by atoms with Gasteiger partial charge in [0, 0.05) is 36.7 Å². The summed E-state index contributed by atoms with van der Waals surface area (Å²) >= 11 is 0. The summed E-state index contributed by atoms with van der Waals surface area (Å²) in [5, 5.41) is 2.71. The third-order valence-electron chi connectivity index (χ3n) is 3.46. The van der Waals surface area contributed by atoms with E-state index in [1.54, 1.807) is 45.2 Å². The molecule has 0 radical (unpaired) electrons. The van der Waals surface area contributed by atoms with Gasteiger partial charge in [-0.3, -0.25) is 9.78 Å². The van der Waals surface area contributed by atoms with Gasteiger partial charge in [0.1, 0.15) is 0 Å². The maximum absolute atomic E-state index is 12.4. The molecule has 0 saturated heterocycles. The van der Waals surface area contributed by atoms with E-state index in [1.165, 1.54) is 28.8 Å². The highest BCUT2D eigenvalue weighted by atomic mass is 32.2. The molecule has 0 aliphatic carbocycles. The van der Waals surface area contributed by atoms with Gasteiger partial charge in [-0.15, -0.1) is 0 Å². The Labute approximate surface area is 136 Å². The molecule has 0 bridgehead atoms. The number of hydrogen-bond acceptors (Lipinski definition) is 4. The Bertz CT molecular complexity index is 772. The van der Waals surface area contributed by atoms with Crippen molar-refractivity contribution in [3.63, 3.8) is 0 Å². The fourth-order valence-electron chi connectivity index (χ4n) is 1.86. The third kappa shape index (κ3) is 3.94. The fraction of sp³-hybridized carbons (Fsp3) is 0.250. The number of nitrogens with zero attached hydrogens (tertiary/aromatic N) is 2. The molecule has 0 aliphatic rings. The summed E-state index contributed by atoms with van der Waals surface area (Å²) < 4.78 is 26.0. The minimum atomic E-state index is -3.52. The number of hydrogen-bond donors (Lipinski definition) is 1. The molecule has 0 unspecified atom stereocenters. The topological polar surface area (TPSA) is 79.4 Å². The lowest BCUT2D eigenvalue weighted by molar-refractivity contribution is 0.102. The van der Waals surface area contributed by atoms with Crippen molar-refractivity contribution in [3.8, 4) is 0 Å². The first-order valence-electron chi connectivity index (χ1n) is 7.12. The molecule has 2 aromatic rings. The zero-order valence-corrected chi connectivity index (χ0v) is 14.0. The van der Waals surface area contributed by atoms with Gasteiger partial charge >= 0.3 is 0 Å². The van der Waals surface area contributed by atoms with Gasteiger partial charge < -0.3 is 5.32 Å². The summed E-state index contributed by atoms with van der Waals surface area (Å²) in [7, 11) is -1.98. The van der Waals surface area contributed by atoms with Crippen LogP contribution in [0.15, 0.2) is 53.7 Å². The molecular weight excluding hydrogens is 314 g/mol. The molecule has 1 N–H and O–H groups in total. The number of carbonyl (C=O) groups is 1. The van der Waals surface area contributed by atoms with E-state index in [2.05, 4.69) is 10.3 Å². The Hall–Kier alpha value is -2.25. The second-order valence-corrected chi connectivity index (χ2v) is 7.33. The second-order valence-electron chi connectivity index (χ2n) is 5.33. The molecule has 7 heteroatoms. The van der Waals surface area contributed by atoms with Crippen LogP contribution in [0.5, 0.6) is 0 Å². The SMILES string of the molecule is CC(C)N(C)S(=O)(=O)c1ccc(NC(=O)c2ccncc2)cc1. The van der Waals surface area contributed by atoms with Gasteiger partial charge in [0.05, 0.1) is 4.90 Å². The Balaban J connectivity index is 2.16. The monoisotopic (exact) mass is 333 g/mol. The lowest BCUT2D eigenvalue weighted by Gasteiger charge is -2.21. The first kappa shape index (κ1) is 17.1. The van der Waals surface area contributed by atoms with Gasteiger partial charge in [-0.25, -0.2) is 8.42 Å². The number of amides is 1. The van der Waals surface area contributed by atoms with Crippen molar-refractivity contribution in [2.75, 3.05) is 12.4 Å². The molecule has 1 aromatic heterocycles. The Morgan fingerprint density at radius 2 is 1.65 bits per heavy atom. The van der Waals surface area contributed by atoms with Crippen LogP contribution in [0.4, 0.5) is 5.69 Å². The van der Waals surface area contributed by atoms with Crippen LogP contribution in [0.25, 0.3) is 0 Å². The van der Waals surface area contributed by atoms with Crippen molar-refractivity contribution >= 4 is 21.6 Å². The summed E-state index contributed by atoms with van der Waals surface area (Å²) in [6.45, 7) is 3.61. The molecule has 6 nitrogen and oxygen atoms in total. The zero-order valence-electron chi connectivity index (χ0n) is 13.2. The summed E-state index contributed by atoms with van der Waals surface area (Å²) in [5.41, 5.74) is 1.01. The largest absolute Gasteiger partial charge is 0.322 e. The highest BCUT2D eigenvalue weighted by Crippen LogP contribution is 2.19. The van der Waals surface area contributed by atoms with Crippen molar-refractivity contribution in [3.05, 3.63) is 54.4 Å². The number of nitrogens with one attached hydrogen (secondary N) is 1. The van der Waals surface area contributed by atoms with Gasteiger partial charge in [-0.05, 0) is 50.2 Å². The Kier molecular flexibility index (Phi) is 5.12. The number of anilines is 1. The molecule has 23 heavy (non-hydrogen) atoms. The minimum absolute atomic E-state index is 0.133. The first-order valence-corrected chi connectivity index (χ1v) is 8.56. The lowest BCUT2D eigenvalue weighted by Crippen LogP contribution is -2.33. The standard InChI is InChI=1S/C16H19N3O3S/c1-12(2)19(3)23(21,22)15-6-4-14(5-7-15)18-16(20)13-8-10-17-11-9-13/h4-12H,1-3H3,(H,18,20). The van der Waals surface area contributed by atoms with Gasteiger partial charge in [-0.2, -0.15) is 4.31 Å². The van der Waals surface area contributed by atoms with E-state index in [0.717, 1.165) is 0 Å². The van der Waals surface area contributed by atoms with E-state index in [1.807, 2.05) is 0 Å². The van der Waals surface area contributed by atoms with Crippen LogP contribution >= 0.6 is 0 Å². The van der Waals surface area contributed by atoms with Crippen molar-refractivity contribution in [2.45, 2.75) is 24.8 Å². The molecule has 0 aliphatic heterocycles. The van der Waals surface area contributed by atoms with E-state index in [9.17, 15) is 13.2 Å². The molecule has 1 amide bonds. The predicted octanol–water partition coefficient (Wildman–Crippen LogP) is 2.36. The predicted molar refractivity (Wildman–Crippen MR) is 88.7 cm³/mol. The molecule has 2 rings (SSSR count). The van der Waals surface area contributed by atoms with E-state index in [4.69, 9.17) is 0 Å². The molecule has 0 spiro atoms. The second kappa shape index (κ2) is 6.89. The van der Waals surface area contributed by atoms with Gasteiger partial charge in [0.15, 0.2) is 0 Å². The van der Waals surface area contributed by atoms with E-state index in [0.29, 0.717) is 11.3 Å². The Morgan fingerprint density at radius 1 is 1.09 bits per heavy atom. The summed E-state index contributed by atoms with van der Waals surface area (Å²) in [5.74, 6) is -0.276. The molecule has 0 atom stereocenters. The quantitative estimate of drug-likeness (QED) is 0.911. The van der Waals surface area contributed by atoms with Crippen LogP contribution in [0.2, 0.25) is 0 Å². The molecular formula is C16H19N3O3S. The maximum Gasteiger partial charge on any atom is 0.255 e. The number of sulfonamides is 1. The van der Waals surface area contributed by atoms with Crippen molar-refractivity contribution in [2.24, 2.45) is 0 Å². The highest BCUT2D eigenvalue weighted by molar-refractivity contribution is 7.89. The number of carbonyl (C=O) groups excluding carboxylic acids is 1. The lowest BCUT2D eigenvalue weighted by atomic mass is 10.2. The minimum Gasteiger partial charge on any atom is -0.322 e. The average Bonchev–Trinajstić information content (AvgIpc) is 2.55. The van der Waals surface area contributed by atoms with Crippen LogP contribution in [-0.2, 0) is 10.0 Å². The number of aromatic nitrogens is 1. The number of pyridine rings is 1. The van der Waals surface area contributed by atoms with Gasteiger partial charge in [-0.1, -0.05) is 0 Å². The number of benzene rings is 1. The van der Waals surface area contributed by atoms with Crippen LogP contribution in [0, 0.1) is 0 Å². The number of rotatable bonds is 5. The van der Waals surface area contributed by atoms with Crippen LogP contribution in [0.1, 0.15) is 24.2 Å². The van der Waals surface area contributed by atoms with Crippen molar-refractivity contribution in [1.82, 2.24) is 9.29 Å². The van der Waals surface area contributed by atoms with Crippen LogP contribution in [-0.4, -0.2) is 36.7 Å². The van der Waals surface area contributed by atoms with Crippen molar-refractivity contribution < 1.29 is 13.2 Å². The smallest absolute Gasteiger partial charge is 0.255 e. The molecule has 122 valence electrons. The molecule has 0 fully saturated rings. The van der Waals surface area contributed by atoms with Crippen molar-refractivity contribution in [1.29, 1.82) is 0 Å². The third-order valence-corrected chi connectivity index (χ3v) is 5.51. The normalized spacial score (nSPS) is 11.7. The van der Waals surface area contributed by atoms with Crippen LogP contribution < -0.4 is 5.32 Å². The molecule has 0 saturated carbocycles. The molecule has 1 heterocycles. The van der Waals surface area contributed by atoms with E-state index < -0.39 is 10.0 Å². The highest BCUT2D eigenvalue weighted by Gasteiger charge is 2.22. The van der Waals surface area contributed by atoms with Crippen LogP contribution in [0.3, 0.4) is 0 Å². The van der Waals surface area contributed by atoms with E-state index in [-0.39, 0.29) is 16.8 Å². The Morgan fingerprint density at radius 3 is 2.17 bits per heavy atom. The fourth-order valence-corrected chi connectivity index (χ4v) is 3.23. The zero-order chi connectivity index (χ0) is 17.0. The van der Waals surface area contributed by atoms with Gasteiger partial charge in [0.25, 0.3) is 5.91 Å². The summed E-state index contributed by atoms with van der Waals surface area (Å²) in [4.78, 5) is 16.1. The summed E-state index contributed by atoms with van der Waals surface area (Å²) in [6.07, 6.45) is 3.07.